The second-order valence-corrected chi connectivity index (χ2v) is 4.45. The molecule has 0 saturated carbocycles. The first-order chi connectivity index (χ1) is 5.66. The number of hydrogen-bond donors (Lipinski definition) is 1. The van der Waals surface area contributed by atoms with Crippen molar-refractivity contribution in [3.05, 3.63) is 0 Å². The fraction of sp³-hybridized carbons (Fsp3) is 0.750. The molecule has 0 spiro atoms. The number of hydrogen-bond acceptors (Lipinski definition) is 3. The van der Waals surface area contributed by atoms with Crippen LogP contribution in [-0.4, -0.2) is 20.8 Å². The maximum absolute atomic E-state index is 8.57. The van der Waals surface area contributed by atoms with Crippen molar-refractivity contribution >= 4 is 22.6 Å². The van der Waals surface area contributed by atoms with Gasteiger partial charge in [-0.25, -0.2) is 4.99 Å². The topological polar surface area (TPSA) is 45.0 Å². The average Bonchev–Trinajstić information content (AvgIpc) is 2.43. The number of thioether (sulfide) groups is 1. The average molecular weight is 186 g/mol. The van der Waals surface area contributed by atoms with Crippen molar-refractivity contribution in [1.29, 1.82) is 0 Å². The first-order valence-electron chi connectivity index (χ1n) is 4.15. The van der Waals surface area contributed by atoms with Gasteiger partial charge in [-0.1, -0.05) is 30.8 Å². The maximum atomic E-state index is 8.57. The van der Waals surface area contributed by atoms with Crippen molar-refractivity contribution in [1.82, 2.24) is 0 Å². The van der Waals surface area contributed by atoms with E-state index < -0.39 is 0 Å². The van der Waals surface area contributed by atoms with Gasteiger partial charge in [0.05, 0.1) is 4.75 Å². The van der Waals surface area contributed by atoms with Gasteiger partial charge in [-0.3, -0.25) is 0 Å². The molecule has 1 rings (SSSR count). The summed E-state index contributed by atoms with van der Waals surface area (Å²) in [7, 11) is 0. The highest BCUT2D eigenvalue weighted by Gasteiger charge is 2.36. The molecule has 68 valence electrons. The molecule has 0 saturated heterocycles. The minimum Gasteiger partial charge on any atom is -0.409 e. The van der Waals surface area contributed by atoms with Crippen LogP contribution in [0.4, 0.5) is 0 Å². The monoisotopic (exact) mass is 186 g/mol. The summed E-state index contributed by atoms with van der Waals surface area (Å²) in [6.45, 7) is 6.34. The Morgan fingerprint density at radius 3 is 2.58 bits per heavy atom. The van der Waals surface area contributed by atoms with Crippen LogP contribution in [0.5, 0.6) is 0 Å². The van der Waals surface area contributed by atoms with E-state index in [1.54, 1.807) is 11.8 Å². The second-order valence-electron chi connectivity index (χ2n) is 2.98. The Labute approximate surface area is 77.0 Å². The highest BCUT2D eigenvalue weighted by Crippen LogP contribution is 2.38. The van der Waals surface area contributed by atoms with E-state index in [1.165, 1.54) is 0 Å². The van der Waals surface area contributed by atoms with Gasteiger partial charge in [0.25, 0.3) is 0 Å². The van der Waals surface area contributed by atoms with Crippen molar-refractivity contribution in [3.8, 4) is 0 Å². The Hall–Kier alpha value is -0.510. The molecule has 0 fully saturated rings. The van der Waals surface area contributed by atoms with Gasteiger partial charge in [-0.2, -0.15) is 0 Å². The van der Waals surface area contributed by atoms with Crippen LogP contribution in [0.15, 0.2) is 10.1 Å². The minimum atomic E-state index is 0.0519. The Bertz CT molecular complexity index is 237. The van der Waals surface area contributed by atoms with E-state index >= 15 is 0 Å². The molecule has 3 nitrogen and oxygen atoms in total. The standard InChI is InChI=1S/C8H14N2OS/c1-4-6-8(3,5-2)12-7(9-6)10-11/h11H,4-5H2,1-3H3. The molecular formula is C8H14N2OS. The third kappa shape index (κ3) is 1.48. The predicted octanol–water partition coefficient (Wildman–Crippen LogP) is 2.50. The van der Waals surface area contributed by atoms with E-state index in [0.717, 1.165) is 18.6 Å². The molecule has 1 atom stereocenters. The van der Waals surface area contributed by atoms with Crippen LogP contribution in [-0.2, 0) is 0 Å². The smallest absolute Gasteiger partial charge is 0.226 e. The summed E-state index contributed by atoms with van der Waals surface area (Å²) in [6.07, 6.45) is 1.94. The quantitative estimate of drug-likeness (QED) is 0.532. The lowest BCUT2D eigenvalue weighted by molar-refractivity contribution is 0.320. The van der Waals surface area contributed by atoms with Gasteiger partial charge in [0, 0.05) is 5.71 Å². The van der Waals surface area contributed by atoms with Crippen molar-refractivity contribution in [2.75, 3.05) is 0 Å². The van der Waals surface area contributed by atoms with Crippen LogP contribution in [0.25, 0.3) is 0 Å². The normalized spacial score (nSPS) is 32.6. The molecule has 1 N–H and O–H groups in total. The summed E-state index contributed by atoms with van der Waals surface area (Å²) in [5, 5.41) is 12.2. The van der Waals surface area contributed by atoms with Crippen molar-refractivity contribution in [3.63, 3.8) is 0 Å². The lowest BCUT2D eigenvalue weighted by Gasteiger charge is -2.21. The molecule has 0 aromatic heterocycles. The van der Waals surface area contributed by atoms with Gasteiger partial charge in [-0.05, 0) is 19.8 Å². The zero-order valence-electron chi connectivity index (χ0n) is 7.66. The van der Waals surface area contributed by atoms with Crippen molar-refractivity contribution in [2.45, 2.75) is 38.4 Å². The van der Waals surface area contributed by atoms with E-state index in [4.69, 9.17) is 5.21 Å². The van der Waals surface area contributed by atoms with Crippen LogP contribution >= 0.6 is 11.8 Å². The van der Waals surface area contributed by atoms with Crippen LogP contribution in [0.1, 0.15) is 33.6 Å². The molecule has 12 heavy (non-hydrogen) atoms. The van der Waals surface area contributed by atoms with Gasteiger partial charge < -0.3 is 5.21 Å². The van der Waals surface area contributed by atoms with Gasteiger partial charge in [0.2, 0.25) is 5.17 Å². The number of rotatable bonds is 2. The fourth-order valence-corrected chi connectivity index (χ4v) is 2.34. The SMILES string of the molecule is CCC1=NC(=NO)SC1(C)CC. The summed E-state index contributed by atoms with van der Waals surface area (Å²) in [4.78, 5) is 4.23. The molecule has 1 aliphatic rings. The molecule has 0 amide bonds. The largest absolute Gasteiger partial charge is 0.409 e. The first-order valence-corrected chi connectivity index (χ1v) is 4.97. The highest BCUT2D eigenvalue weighted by atomic mass is 32.2. The van der Waals surface area contributed by atoms with Crippen LogP contribution in [0, 0.1) is 0 Å². The third-order valence-electron chi connectivity index (χ3n) is 2.25. The molecule has 0 radical (unpaired) electrons. The van der Waals surface area contributed by atoms with Gasteiger partial charge >= 0.3 is 0 Å². The van der Waals surface area contributed by atoms with Crippen molar-refractivity contribution in [2.24, 2.45) is 10.1 Å². The number of oxime groups is 1. The third-order valence-corrected chi connectivity index (χ3v) is 3.58. The molecule has 4 heteroatoms. The van der Waals surface area contributed by atoms with Crippen LogP contribution in [0.3, 0.4) is 0 Å². The van der Waals surface area contributed by atoms with Gasteiger partial charge in [0.15, 0.2) is 0 Å². The summed E-state index contributed by atoms with van der Waals surface area (Å²) in [6, 6.07) is 0. The Morgan fingerprint density at radius 2 is 2.25 bits per heavy atom. The second kappa shape index (κ2) is 3.47. The zero-order chi connectivity index (χ0) is 9.19. The maximum Gasteiger partial charge on any atom is 0.226 e. The lowest BCUT2D eigenvalue weighted by atomic mass is 10.00. The number of aliphatic imine (C=N–C) groups is 1. The number of amidine groups is 1. The first kappa shape index (κ1) is 9.58. The number of nitrogens with zero attached hydrogens (tertiary/aromatic N) is 2. The highest BCUT2D eigenvalue weighted by molar-refractivity contribution is 8.16. The van der Waals surface area contributed by atoms with Gasteiger partial charge in [-0.15, -0.1) is 0 Å². The van der Waals surface area contributed by atoms with E-state index in [0.29, 0.717) is 5.17 Å². The summed E-state index contributed by atoms with van der Waals surface area (Å²) in [5.74, 6) is 0. The summed E-state index contributed by atoms with van der Waals surface area (Å²) in [5.41, 5.74) is 1.13. The predicted molar refractivity (Wildman–Crippen MR) is 53.2 cm³/mol. The van der Waals surface area contributed by atoms with Gasteiger partial charge in [0.1, 0.15) is 0 Å². The molecule has 0 aromatic carbocycles. The zero-order valence-corrected chi connectivity index (χ0v) is 8.48. The molecule has 0 bridgehead atoms. The molecule has 0 aromatic rings. The van der Waals surface area contributed by atoms with Crippen molar-refractivity contribution < 1.29 is 5.21 Å². The fourth-order valence-electron chi connectivity index (χ4n) is 1.29. The molecule has 1 heterocycles. The lowest BCUT2D eigenvalue weighted by Crippen LogP contribution is -2.26. The molecule has 0 aliphatic carbocycles. The van der Waals surface area contributed by atoms with E-state index in [-0.39, 0.29) is 4.75 Å². The van der Waals surface area contributed by atoms with Crippen LogP contribution in [0.2, 0.25) is 0 Å². The van der Waals surface area contributed by atoms with Crippen LogP contribution < -0.4 is 0 Å². The van der Waals surface area contributed by atoms with E-state index in [2.05, 4.69) is 30.9 Å². The summed E-state index contributed by atoms with van der Waals surface area (Å²) < 4.78 is 0.0519. The molecular weight excluding hydrogens is 172 g/mol. The minimum absolute atomic E-state index is 0.0519. The molecule has 1 unspecified atom stereocenters. The Kier molecular flexibility index (Phi) is 2.77. The summed E-state index contributed by atoms with van der Waals surface area (Å²) >= 11 is 1.54. The Morgan fingerprint density at radius 1 is 1.58 bits per heavy atom. The Balaban J connectivity index is 2.91. The van der Waals surface area contributed by atoms with E-state index in [9.17, 15) is 0 Å². The molecule has 1 aliphatic heterocycles. The van der Waals surface area contributed by atoms with E-state index in [1.807, 2.05) is 0 Å².